The van der Waals surface area contributed by atoms with Crippen molar-refractivity contribution < 1.29 is 29.0 Å². The van der Waals surface area contributed by atoms with Crippen molar-refractivity contribution in [3.05, 3.63) is 52.0 Å². The van der Waals surface area contributed by atoms with E-state index in [-0.39, 0.29) is 18.8 Å². The quantitative estimate of drug-likeness (QED) is 0.126. The van der Waals surface area contributed by atoms with E-state index in [4.69, 9.17) is 14.2 Å². The van der Waals surface area contributed by atoms with Gasteiger partial charge in [-0.25, -0.2) is 4.79 Å². The highest BCUT2D eigenvalue weighted by Crippen LogP contribution is 2.45. The van der Waals surface area contributed by atoms with Crippen molar-refractivity contribution in [2.24, 2.45) is 0 Å². The molecule has 0 aliphatic carbocycles. The Morgan fingerprint density at radius 1 is 1.29 bits per heavy atom. The Balaban J connectivity index is 2.41. The molecule has 2 rings (SSSR count). The largest absolute Gasteiger partial charge is 0.494 e. The summed E-state index contributed by atoms with van der Waals surface area (Å²) in [5, 5.41) is 26.3. The fraction of sp³-hybridized carbons (Fsp3) is 0.600. The average Bonchev–Trinajstić information content (AvgIpc) is 2.83. The molecule has 0 spiro atoms. The van der Waals surface area contributed by atoms with Gasteiger partial charge in [0, 0.05) is 23.8 Å². The third-order valence-electron chi connectivity index (χ3n) is 5.92. The molecular formula is C25H36N2O7. The number of carbonyl (C=O) groups excluding carboxylic acids is 1. The number of nitro benzene ring substituents is 1. The van der Waals surface area contributed by atoms with E-state index in [2.05, 4.69) is 19.2 Å². The van der Waals surface area contributed by atoms with E-state index in [0.29, 0.717) is 36.5 Å². The normalized spacial score (nSPS) is 18.9. The number of unbranched alkanes of at least 4 members (excludes halogenated alkanes) is 2. The van der Waals surface area contributed by atoms with Crippen LogP contribution in [0.1, 0.15) is 70.9 Å². The molecule has 0 unspecified atom stereocenters. The van der Waals surface area contributed by atoms with Gasteiger partial charge in [-0.05, 0) is 38.7 Å². The van der Waals surface area contributed by atoms with Crippen LogP contribution in [0.3, 0.4) is 0 Å². The number of non-ortho nitro benzene ring substituents is 1. The molecule has 1 aromatic rings. The van der Waals surface area contributed by atoms with Crippen molar-refractivity contribution in [3.63, 3.8) is 0 Å². The monoisotopic (exact) mass is 476 g/mol. The summed E-state index contributed by atoms with van der Waals surface area (Å²) in [7, 11) is 0. The molecule has 2 N–H and O–H groups in total. The van der Waals surface area contributed by atoms with Crippen LogP contribution in [0.5, 0.6) is 5.75 Å². The molecule has 0 amide bonds. The predicted octanol–water partition coefficient (Wildman–Crippen LogP) is 4.38. The van der Waals surface area contributed by atoms with Crippen LogP contribution in [0.2, 0.25) is 0 Å². The van der Waals surface area contributed by atoms with Crippen LogP contribution in [0.15, 0.2) is 36.3 Å². The van der Waals surface area contributed by atoms with Gasteiger partial charge in [0.05, 0.1) is 24.1 Å². The minimum absolute atomic E-state index is 0.0616. The Kier molecular flexibility index (Phi) is 11.1. The molecule has 1 aliphatic rings. The van der Waals surface area contributed by atoms with Gasteiger partial charge in [0.2, 0.25) is 0 Å². The highest BCUT2D eigenvalue weighted by Gasteiger charge is 2.48. The molecule has 0 bridgehead atoms. The zero-order valence-corrected chi connectivity index (χ0v) is 20.2. The second kappa shape index (κ2) is 13.7. The van der Waals surface area contributed by atoms with Gasteiger partial charge in [-0.1, -0.05) is 26.7 Å². The fourth-order valence-electron chi connectivity index (χ4n) is 4.18. The number of nitrogens with zero attached hydrogens (tertiary/aromatic N) is 1. The Labute approximate surface area is 200 Å². The number of hydrogen-bond donors (Lipinski definition) is 2. The third kappa shape index (κ3) is 7.06. The van der Waals surface area contributed by atoms with Crippen molar-refractivity contribution in [2.45, 2.75) is 77.0 Å². The molecule has 0 saturated heterocycles. The Hall–Kier alpha value is -2.87. The summed E-state index contributed by atoms with van der Waals surface area (Å²) in [4.78, 5) is 21.3. The number of ether oxygens (including phenoxy) is 3. The van der Waals surface area contributed by atoms with Gasteiger partial charge in [0.15, 0.2) is 0 Å². The number of rotatable bonds is 15. The maximum atomic E-state index is 11.6. The van der Waals surface area contributed by atoms with Crippen LogP contribution in [0.4, 0.5) is 5.69 Å². The average molecular weight is 477 g/mol. The molecule has 1 aliphatic heterocycles. The summed E-state index contributed by atoms with van der Waals surface area (Å²) in [6, 6.07) is 3.89. The van der Waals surface area contributed by atoms with Crippen LogP contribution >= 0.6 is 0 Å². The van der Waals surface area contributed by atoms with Gasteiger partial charge < -0.3 is 24.6 Å². The van der Waals surface area contributed by atoms with E-state index in [9.17, 15) is 20.0 Å². The fourth-order valence-corrected chi connectivity index (χ4v) is 4.18. The number of aliphatic hydroxyl groups excluding tert-OH is 1. The number of aliphatic hydroxyl groups is 1. The smallest absolute Gasteiger partial charge is 0.270 e. The summed E-state index contributed by atoms with van der Waals surface area (Å²) in [5.74, 6) is 2.65. The Morgan fingerprint density at radius 3 is 2.59 bits per heavy atom. The molecule has 2 atom stereocenters. The second-order valence-corrected chi connectivity index (χ2v) is 8.33. The lowest BCUT2D eigenvalue weighted by atomic mass is 9.77. The van der Waals surface area contributed by atoms with Crippen LogP contribution in [0.25, 0.3) is 0 Å². The molecule has 34 heavy (non-hydrogen) atoms. The molecule has 1 heterocycles. The zero-order chi connectivity index (χ0) is 25.0. The van der Waals surface area contributed by atoms with Gasteiger partial charge >= 0.3 is 0 Å². The van der Waals surface area contributed by atoms with Gasteiger partial charge in [-0.2, -0.15) is 0 Å². The zero-order valence-electron chi connectivity index (χ0n) is 20.2. The minimum atomic E-state index is -0.929. The van der Waals surface area contributed by atoms with Gasteiger partial charge in [0.1, 0.15) is 42.0 Å². The number of nitro groups is 1. The lowest BCUT2D eigenvalue weighted by Crippen LogP contribution is -2.56. The van der Waals surface area contributed by atoms with Crippen molar-refractivity contribution in [2.75, 3.05) is 19.8 Å². The third-order valence-corrected chi connectivity index (χ3v) is 5.92. The van der Waals surface area contributed by atoms with E-state index in [1.807, 2.05) is 6.92 Å². The first-order valence-electron chi connectivity index (χ1n) is 11.9. The Morgan fingerprint density at radius 2 is 2.00 bits per heavy atom. The molecule has 1 aromatic carbocycles. The van der Waals surface area contributed by atoms with Crippen molar-refractivity contribution in [1.82, 2.24) is 5.32 Å². The maximum Gasteiger partial charge on any atom is 0.270 e. The van der Waals surface area contributed by atoms with Crippen LogP contribution in [-0.4, -0.2) is 47.4 Å². The summed E-state index contributed by atoms with van der Waals surface area (Å²) < 4.78 is 17.3. The molecular weight excluding hydrogens is 440 g/mol. The number of benzene rings is 1. The SMILES string of the molecule is CCCCC1(CCCC)Oc2ccc([N+](=O)[O-])cc2[C@H](NCC(=COCC=C=O)OCC)[C@H]1O. The van der Waals surface area contributed by atoms with Gasteiger partial charge in [-0.15, -0.1) is 0 Å². The summed E-state index contributed by atoms with van der Waals surface area (Å²) >= 11 is 0. The topological polar surface area (TPSA) is 120 Å². The van der Waals surface area contributed by atoms with E-state index >= 15 is 0 Å². The number of hydrogen-bond acceptors (Lipinski definition) is 8. The second-order valence-electron chi connectivity index (χ2n) is 8.33. The van der Waals surface area contributed by atoms with Gasteiger partial charge in [-0.3, -0.25) is 10.1 Å². The minimum Gasteiger partial charge on any atom is -0.494 e. The molecule has 188 valence electrons. The first-order valence-corrected chi connectivity index (χ1v) is 11.9. The standard InChI is InChI=1S/C25H36N2O7/c1-4-7-12-25(13-8-5-2)24(29)23(21-16-19(27(30)31)10-11-22(21)34-25)26-17-20(33-6-3)18-32-15-9-14-28/h9-11,16,18,23-24,26,29H,4-8,12-13,15,17H2,1-3H3/t23-,24+/m0/s1. The molecule has 0 aromatic heterocycles. The van der Waals surface area contributed by atoms with E-state index < -0.39 is 22.7 Å². The van der Waals surface area contributed by atoms with E-state index in [1.54, 1.807) is 12.0 Å². The van der Waals surface area contributed by atoms with Crippen molar-refractivity contribution >= 4 is 11.6 Å². The molecule has 0 fully saturated rings. The van der Waals surface area contributed by atoms with E-state index in [0.717, 1.165) is 25.7 Å². The first-order chi connectivity index (χ1) is 16.4. The summed E-state index contributed by atoms with van der Waals surface area (Å²) in [6.45, 7) is 6.69. The van der Waals surface area contributed by atoms with Crippen LogP contribution in [-0.2, 0) is 14.3 Å². The van der Waals surface area contributed by atoms with E-state index in [1.165, 1.54) is 24.5 Å². The van der Waals surface area contributed by atoms with Gasteiger partial charge in [0.25, 0.3) is 5.69 Å². The lowest BCUT2D eigenvalue weighted by Gasteiger charge is -2.47. The number of nitrogens with one attached hydrogen (secondary N) is 1. The van der Waals surface area contributed by atoms with Crippen molar-refractivity contribution in [3.8, 4) is 5.75 Å². The first kappa shape index (κ1) is 27.4. The highest BCUT2D eigenvalue weighted by atomic mass is 16.6. The number of fused-ring (bicyclic) bond motifs is 1. The Bertz CT molecular complexity index is 872. The summed E-state index contributed by atoms with van der Waals surface area (Å²) in [5.41, 5.74) is -0.334. The summed E-state index contributed by atoms with van der Waals surface area (Å²) in [6.07, 6.45) is 6.73. The highest BCUT2D eigenvalue weighted by molar-refractivity contribution is 5.48. The molecule has 9 heteroatoms. The maximum absolute atomic E-state index is 11.6. The lowest BCUT2D eigenvalue weighted by molar-refractivity contribution is -0.385. The molecule has 0 radical (unpaired) electrons. The van der Waals surface area contributed by atoms with Crippen molar-refractivity contribution in [1.29, 1.82) is 0 Å². The predicted molar refractivity (Wildman–Crippen MR) is 128 cm³/mol. The van der Waals surface area contributed by atoms with Crippen LogP contribution < -0.4 is 10.1 Å². The molecule has 9 nitrogen and oxygen atoms in total. The molecule has 0 saturated carbocycles. The van der Waals surface area contributed by atoms with Crippen LogP contribution in [0, 0.1) is 10.1 Å².